The lowest BCUT2D eigenvalue weighted by Gasteiger charge is -2.31. The monoisotopic (exact) mass is 331 g/mol. The average molecular weight is 331 g/mol. The molecule has 1 N–H and O–H groups in total. The number of benzene rings is 1. The Kier molecular flexibility index (Phi) is 6.24. The zero-order valence-electron chi connectivity index (χ0n) is 14.7. The molecular weight excluding hydrogens is 302 g/mol. The van der Waals surface area contributed by atoms with Crippen LogP contribution in [0.3, 0.4) is 0 Å². The second-order valence-corrected chi connectivity index (χ2v) is 6.50. The zero-order chi connectivity index (χ0) is 16.8. The van der Waals surface area contributed by atoms with Crippen molar-refractivity contribution < 1.29 is 9.84 Å². The number of aliphatic hydroxyl groups excluding tert-OH is 1. The number of likely N-dealkylation sites (tertiary alicyclic amines) is 1. The third-order valence-corrected chi connectivity index (χ3v) is 4.93. The number of hydrogen-bond donors (Lipinski definition) is 1. The summed E-state index contributed by atoms with van der Waals surface area (Å²) in [6, 6.07) is 8.41. The van der Waals surface area contributed by atoms with Gasteiger partial charge in [-0.3, -0.25) is 0 Å². The first-order chi connectivity index (χ1) is 11.8. The molecule has 3 rings (SSSR count). The highest BCUT2D eigenvalue weighted by atomic mass is 16.5. The van der Waals surface area contributed by atoms with Crippen LogP contribution in [0, 0.1) is 0 Å². The van der Waals surface area contributed by atoms with Crippen molar-refractivity contribution in [3.8, 4) is 0 Å². The van der Waals surface area contributed by atoms with Crippen molar-refractivity contribution in [2.45, 2.75) is 38.6 Å². The maximum absolute atomic E-state index is 8.99. The molecule has 2 heterocycles. The predicted molar refractivity (Wildman–Crippen MR) is 96.3 cm³/mol. The van der Waals surface area contributed by atoms with E-state index in [1.54, 1.807) is 0 Å². The van der Waals surface area contributed by atoms with Crippen LogP contribution >= 0.6 is 0 Å². The smallest absolute Gasteiger partial charge is 0.113 e. The van der Waals surface area contributed by atoms with Crippen LogP contribution in [-0.2, 0) is 11.3 Å². The quantitative estimate of drug-likeness (QED) is 0.756. The fourth-order valence-corrected chi connectivity index (χ4v) is 3.65. The third kappa shape index (κ3) is 3.97. The highest BCUT2D eigenvalue weighted by Gasteiger charge is 2.25. The number of rotatable bonds is 8. The van der Waals surface area contributed by atoms with Crippen LogP contribution in [0.4, 0.5) is 0 Å². The minimum atomic E-state index is 0.285. The average Bonchev–Trinajstić information content (AvgIpc) is 2.99. The molecule has 0 radical (unpaired) electrons. The van der Waals surface area contributed by atoms with Gasteiger partial charge in [-0.05, 0) is 51.4 Å². The van der Waals surface area contributed by atoms with Gasteiger partial charge in [0, 0.05) is 32.2 Å². The number of aliphatic hydroxyl groups is 1. The molecule has 0 spiro atoms. The first kappa shape index (κ1) is 17.4. The summed E-state index contributed by atoms with van der Waals surface area (Å²) in [6.07, 6.45) is 3.16. The van der Waals surface area contributed by atoms with Crippen molar-refractivity contribution in [2.75, 3.05) is 39.5 Å². The summed E-state index contributed by atoms with van der Waals surface area (Å²) >= 11 is 0. The van der Waals surface area contributed by atoms with Crippen LogP contribution in [0.2, 0.25) is 0 Å². The van der Waals surface area contributed by atoms with Gasteiger partial charge in [-0.15, -0.1) is 0 Å². The summed E-state index contributed by atoms with van der Waals surface area (Å²) < 4.78 is 7.94. The second kappa shape index (κ2) is 8.60. The van der Waals surface area contributed by atoms with Gasteiger partial charge >= 0.3 is 0 Å². The molecule has 5 nitrogen and oxygen atoms in total. The number of para-hydroxylation sites is 2. The molecule has 1 saturated heterocycles. The molecule has 0 amide bonds. The summed E-state index contributed by atoms with van der Waals surface area (Å²) in [7, 11) is 0. The Balaban J connectivity index is 1.75. The van der Waals surface area contributed by atoms with Crippen molar-refractivity contribution in [1.29, 1.82) is 0 Å². The minimum absolute atomic E-state index is 0.285. The lowest BCUT2D eigenvalue weighted by molar-refractivity contribution is 0.137. The molecule has 0 unspecified atom stereocenters. The summed E-state index contributed by atoms with van der Waals surface area (Å²) in [5.41, 5.74) is 2.31. The largest absolute Gasteiger partial charge is 0.396 e. The fourth-order valence-electron chi connectivity index (χ4n) is 3.65. The number of aromatic nitrogens is 2. The molecule has 1 fully saturated rings. The third-order valence-electron chi connectivity index (χ3n) is 4.93. The molecule has 1 aromatic carbocycles. The first-order valence-electron chi connectivity index (χ1n) is 9.19. The molecule has 132 valence electrons. The Hall–Kier alpha value is -1.43. The molecule has 1 aliphatic rings. The molecule has 1 aliphatic heterocycles. The molecule has 0 bridgehead atoms. The van der Waals surface area contributed by atoms with Crippen molar-refractivity contribution >= 4 is 11.0 Å². The molecule has 2 aromatic rings. The summed E-state index contributed by atoms with van der Waals surface area (Å²) in [5.74, 6) is 1.74. The molecule has 0 saturated carbocycles. The maximum Gasteiger partial charge on any atom is 0.113 e. The van der Waals surface area contributed by atoms with Crippen molar-refractivity contribution in [3.05, 3.63) is 30.1 Å². The Labute approximate surface area is 144 Å². The van der Waals surface area contributed by atoms with E-state index in [0.29, 0.717) is 5.92 Å². The number of fused-ring (bicyclic) bond motifs is 1. The van der Waals surface area contributed by atoms with E-state index in [1.165, 1.54) is 11.3 Å². The van der Waals surface area contributed by atoms with Gasteiger partial charge in [0.15, 0.2) is 0 Å². The van der Waals surface area contributed by atoms with E-state index in [-0.39, 0.29) is 6.61 Å². The van der Waals surface area contributed by atoms with E-state index in [1.807, 2.05) is 6.92 Å². The highest BCUT2D eigenvalue weighted by molar-refractivity contribution is 5.76. The van der Waals surface area contributed by atoms with Crippen LogP contribution in [-0.4, -0.2) is 59.0 Å². The van der Waals surface area contributed by atoms with Gasteiger partial charge < -0.3 is 19.3 Å². The SMILES string of the molecule is CCOCCn1c(C2CCN(CCCO)CC2)nc2ccccc21. The van der Waals surface area contributed by atoms with Crippen molar-refractivity contribution in [3.63, 3.8) is 0 Å². The van der Waals surface area contributed by atoms with E-state index in [0.717, 1.165) is 64.2 Å². The van der Waals surface area contributed by atoms with Gasteiger partial charge in [0.2, 0.25) is 0 Å². The lowest BCUT2D eigenvalue weighted by atomic mass is 9.95. The van der Waals surface area contributed by atoms with Crippen LogP contribution in [0.5, 0.6) is 0 Å². The lowest BCUT2D eigenvalue weighted by Crippen LogP contribution is -2.34. The molecular formula is C19H29N3O2. The molecule has 5 heteroatoms. The standard InChI is InChI=1S/C19H29N3O2/c1-2-24-15-13-22-18-7-4-3-6-17(18)20-19(22)16-8-11-21(12-9-16)10-5-14-23/h3-4,6-7,16,23H,2,5,8-15H2,1H3. The van der Waals surface area contributed by atoms with Crippen LogP contribution in [0.15, 0.2) is 24.3 Å². The summed E-state index contributed by atoms with van der Waals surface area (Å²) in [4.78, 5) is 7.41. The Morgan fingerprint density at radius 2 is 2.00 bits per heavy atom. The van der Waals surface area contributed by atoms with Crippen LogP contribution < -0.4 is 0 Å². The molecule has 0 atom stereocenters. The number of nitrogens with zero attached hydrogens (tertiary/aromatic N) is 3. The highest BCUT2D eigenvalue weighted by Crippen LogP contribution is 2.30. The number of hydrogen-bond acceptors (Lipinski definition) is 4. The predicted octanol–water partition coefficient (Wildman–Crippen LogP) is 2.63. The van der Waals surface area contributed by atoms with Gasteiger partial charge in [-0.2, -0.15) is 0 Å². The first-order valence-corrected chi connectivity index (χ1v) is 9.19. The number of imidazole rings is 1. The Morgan fingerprint density at radius 1 is 1.21 bits per heavy atom. The Bertz CT molecular complexity index is 633. The van der Waals surface area contributed by atoms with E-state index in [4.69, 9.17) is 14.8 Å². The van der Waals surface area contributed by atoms with E-state index < -0.39 is 0 Å². The fraction of sp³-hybridized carbons (Fsp3) is 0.632. The number of piperidine rings is 1. The van der Waals surface area contributed by atoms with Gasteiger partial charge in [0.1, 0.15) is 5.82 Å². The van der Waals surface area contributed by atoms with Crippen LogP contribution in [0.25, 0.3) is 11.0 Å². The molecule has 1 aromatic heterocycles. The van der Waals surface area contributed by atoms with Gasteiger partial charge in [-0.1, -0.05) is 12.1 Å². The van der Waals surface area contributed by atoms with Gasteiger partial charge in [0.05, 0.1) is 17.6 Å². The summed E-state index contributed by atoms with van der Waals surface area (Å²) in [5, 5.41) is 8.99. The minimum Gasteiger partial charge on any atom is -0.396 e. The van der Waals surface area contributed by atoms with Crippen molar-refractivity contribution in [2.24, 2.45) is 0 Å². The number of ether oxygens (including phenoxy) is 1. The zero-order valence-corrected chi connectivity index (χ0v) is 14.7. The topological polar surface area (TPSA) is 50.5 Å². The van der Waals surface area contributed by atoms with E-state index >= 15 is 0 Å². The molecule has 0 aliphatic carbocycles. The molecule has 24 heavy (non-hydrogen) atoms. The summed E-state index contributed by atoms with van der Waals surface area (Å²) in [6.45, 7) is 7.88. The second-order valence-electron chi connectivity index (χ2n) is 6.50. The van der Waals surface area contributed by atoms with Gasteiger partial charge in [0.25, 0.3) is 0 Å². The van der Waals surface area contributed by atoms with Gasteiger partial charge in [-0.25, -0.2) is 4.98 Å². The Morgan fingerprint density at radius 3 is 2.75 bits per heavy atom. The van der Waals surface area contributed by atoms with Crippen molar-refractivity contribution in [1.82, 2.24) is 14.5 Å². The van der Waals surface area contributed by atoms with E-state index in [2.05, 4.69) is 33.7 Å². The maximum atomic E-state index is 8.99. The van der Waals surface area contributed by atoms with Crippen LogP contribution in [0.1, 0.15) is 37.9 Å². The normalized spacial score (nSPS) is 16.9. The van der Waals surface area contributed by atoms with E-state index in [9.17, 15) is 0 Å².